The summed E-state index contributed by atoms with van der Waals surface area (Å²) >= 11 is 1.43. The van der Waals surface area contributed by atoms with Crippen molar-refractivity contribution in [2.75, 3.05) is 11.9 Å². The molecule has 0 radical (unpaired) electrons. The minimum absolute atomic E-state index is 0.173. The Hall–Kier alpha value is -2.93. The molecule has 2 heterocycles. The van der Waals surface area contributed by atoms with Gasteiger partial charge in [-0.25, -0.2) is 4.98 Å². The van der Waals surface area contributed by atoms with Crippen molar-refractivity contribution < 1.29 is 14.3 Å². The van der Waals surface area contributed by atoms with Crippen LogP contribution < -0.4 is 10.1 Å². The molecule has 29 heavy (non-hydrogen) atoms. The van der Waals surface area contributed by atoms with E-state index in [9.17, 15) is 9.59 Å². The van der Waals surface area contributed by atoms with Gasteiger partial charge < -0.3 is 15.0 Å². The Morgan fingerprint density at radius 3 is 2.86 bits per heavy atom. The van der Waals surface area contributed by atoms with Crippen LogP contribution in [0.15, 0.2) is 48.5 Å². The Morgan fingerprint density at radius 1 is 1.24 bits per heavy atom. The lowest BCUT2D eigenvalue weighted by Gasteiger charge is -2.26. The summed E-state index contributed by atoms with van der Waals surface area (Å²) in [6.07, 6.45) is 0.771. The van der Waals surface area contributed by atoms with E-state index < -0.39 is 12.1 Å². The third-order valence-corrected chi connectivity index (χ3v) is 5.96. The van der Waals surface area contributed by atoms with Crippen LogP contribution in [0.25, 0.3) is 10.2 Å². The number of aromatic nitrogens is 1. The lowest BCUT2D eigenvalue weighted by molar-refractivity contribution is -0.142. The molecule has 1 fully saturated rings. The van der Waals surface area contributed by atoms with Crippen LogP contribution in [0.4, 0.5) is 5.13 Å². The van der Waals surface area contributed by atoms with E-state index in [1.54, 1.807) is 11.8 Å². The molecule has 150 valence electrons. The van der Waals surface area contributed by atoms with E-state index in [0.29, 0.717) is 23.8 Å². The standard InChI is InChI=1S/C22H23N3O3S/c1-14-7-5-8-16(13-14)28-15(2)21(27)25-12-6-10-18(25)20(26)24-22-23-17-9-3-4-11-19(17)29-22/h3-5,7-9,11,13,15,18H,6,10,12H2,1-2H3,(H,23,24,26). The van der Waals surface area contributed by atoms with Gasteiger partial charge in [-0.15, -0.1) is 0 Å². The van der Waals surface area contributed by atoms with E-state index in [4.69, 9.17) is 4.74 Å². The summed E-state index contributed by atoms with van der Waals surface area (Å²) < 4.78 is 6.84. The molecule has 2 atom stereocenters. The molecule has 0 aliphatic carbocycles. The average Bonchev–Trinajstić information content (AvgIpc) is 3.33. The summed E-state index contributed by atoms with van der Waals surface area (Å²) in [7, 11) is 0. The summed E-state index contributed by atoms with van der Waals surface area (Å²) in [5, 5.41) is 3.44. The zero-order valence-corrected chi connectivity index (χ0v) is 17.2. The van der Waals surface area contributed by atoms with Crippen molar-refractivity contribution in [3.05, 3.63) is 54.1 Å². The number of ether oxygens (including phenoxy) is 1. The largest absolute Gasteiger partial charge is 0.481 e. The number of rotatable bonds is 5. The van der Waals surface area contributed by atoms with Gasteiger partial charge in [-0.05, 0) is 56.5 Å². The molecule has 3 aromatic rings. The number of nitrogens with one attached hydrogen (secondary N) is 1. The van der Waals surface area contributed by atoms with Gasteiger partial charge in [0.15, 0.2) is 11.2 Å². The number of hydrogen-bond acceptors (Lipinski definition) is 5. The number of thiazole rings is 1. The summed E-state index contributed by atoms with van der Waals surface area (Å²) in [5.74, 6) is 0.284. The third kappa shape index (κ3) is 4.24. The molecule has 1 aliphatic rings. The third-order valence-electron chi connectivity index (χ3n) is 5.01. The van der Waals surface area contributed by atoms with Gasteiger partial charge in [0.25, 0.3) is 5.91 Å². The maximum atomic E-state index is 13.0. The normalized spacial score (nSPS) is 17.3. The number of carbonyl (C=O) groups excluding carboxylic acids is 2. The number of likely N-dealkylation sites (tertiary alicyclic amines) is 1. The van der Waals surface area contributed by atoms with Crippen LogP contribution in [-0.2, 0) is 9.59 Å². The van der Waals surface area contributed by atoms with Crippen molar-refractivity contribution >= 4 is 38.5 Å². The molecule has 7 heteroatoms. The van der Waals surface area contributed by atoms with Crippen LogP contribution in [0.5, 0.6) is 5.75 Å². The van der Waals surface area contributed by atoms with E-state index in [2.05, 4.69) is 10.3 Å². The molecule has 0 saturated carbocycles. The Labute approximate surface area is 173 Å². The first-order valence-corrected chi connectivity index (χ1v) is 10.5. The monoisotopic (exact) mass is 409 g/mol. The first kappa shape index (κ1) is 19.4. The van der Waals surface area contributed by atoms with Crippen molar-refractivity contribution in [3.63, 3.8) is 0 Å². The molecule has 0 bridgehead atoms. The number of carbonyl (C=O) groups is 2. The molecule has 2 unspecified atom stereocenters. The van der Waals surface area contributed by atoms with Gasteiger partial charge in [0, 0.05) is 6.54 Å². The van der Waals surface area contributed by atoms with Crippen LogP contribution in [0.2, 0.25) is 0 Å². The fourth-order valence-corrected chi connectivity index (χ4v) is 4.46. The number of benzene rings is 2. The van der Waals surface area contributed by atoms with E-state index in [1.807, 2.05) is 55.5 Å². The number of para-hydroxylation sites is 1. The Kier molecular flexibility index (Phi) is 5.49. The molecule has 1 aromatic heterocycles. The highest BCUT2D eigenvalue weighted by Gasteiger charge is 2.37. The highest BCUT2D eigenvalue weighted by Crippen LogP contribution is 2.27. The topological polar surface area (TPSA) is 71.5 Å². The number of nitrogens with zero attached hydrogens (tertiary/aromatic N) is 2. The van der Waals surface area contributed by atoms with Gasteiger partial charge in [-0.1, -0.05) is 35.6 Å². The first-order chi connectivity index (χ1) is 14.0. The second-order valence-electron chi connectivity index (χ2n) is 7.24. The van der Waals surface area contributed by atoms with Gasteiger partial charge in [-0.3, -0.25) is 9.59 Å². The SMILES string of the molecule is Cc1cccc(OC(C)C(=O)N2CCCC2C(=O)Nc2nc3ccccc3s2)c1. The molecule has 2 aromatic carbocycles. The molecular weight excluding hydrogens is 386 g/mol. The van der Waals surface area contributed by atoms with Gasteiger partial charge >= 0.3 is 0 Å². The van der Waals surface area contributed by atoms with Crippen LogP contribution in [-0.4, -0.2) is 40.4 Å². The minimum atomic E-state index is -0.660. The van der Waals surface area contributed by atoms with E-state index >= 15 is 0 Å². The fourth-order valence-electron chi connectivity index (χ4n) is 3.59. The smallest absolute Gasteiger partial charge is 0.264 e. The summed E-state index contributed by atoms with van der Waals surface area (Å²) in [4.78, 5) is 31.9. The van der Waals surface area contributed by atoms with Crippen molar-refractivity contribution in [3.8, 4) is 5.75 Å². The predicted octanol–water partition coefficient (Wildman–Crippen LogP) is 4.00. The van der Waals surface area contributed by atoms with E-state index in [-0.39, 0.29) is 11.8 Å². The highest BCUT2D eigenvalue weighted by molar-refractivity contribution is 7.22. The van der Waals surface area contributed by atoms with Crippen molar-refractivity contribution in [1.29, 1.82) is 0 Å². The number of hydrogen-bond donors (Lipinski definition) is 1. The summed E-state index contributed by atoms with van der Waals surface area (Å²) in [6, 6.07) is 14.8. The molecule has 2 amide bonds. The van der Waals surface area contributed by atoms with E-state index in [1.165, 1.54) is 11.3 Å². The predicted molar refractivity (Wildman–Crippen MR) is 114 cm³/mol. The van der Waals surface area contributed by atoms with Gasteiger partial charge in [-0.2, -0.15) is 0 Å². The zero-order valence-electron chi connectivity index (χ0n) is 16.4. The van der Waals surface area contributed by atoms with Gasteiger partial charge in [0.2, 0.25) is 5.91 Å². The second kappa shape index (κ2) is 8.21. The van der Waals surface area contributed by atoms with Crippen LogP contribution in [0, 0.1) is 6.92 Å². The molecule has 4 rings (SSSR count). The molecule has 1 aliphatic heterocycles. The Morgan fingerprint density at radius 2 is 2.07 bits per heavy atom. The van der Waals surface area contributed by atoms with Crippen molar-refractivity contribution in [2.45, 2.75) is 38.8 Å². The van der Waals surface area contributed by atoms with Gasteiger partial charge in [0.1, 0.15) is 11.8 Å². The number of aryl methyl sites for hydroxylation is 1. The lowest BCUT2D eigenvalue weighted by atomic mass is 10.2. The van der Waals surface area contributed by atoms with Crippen molar-refractivity contribution in [2.24, 2.45) is 0 Å². The van der Waals surface area contributed by atoms with Crippen LogP contribution in [0.3, 0.4) is 0 Å². The highest BCUT2D eigenvalue weighted by atomic mass is 32.1. The minimum Gasteiger partial charge on any atom is -0.481 e. The summed E-state index contributed by atoms with van der Waals surface area (Å²) in [5.41, 5.74) is 1.92. The van der Waals surface area contributed by atoms with Gasteiger partial charge in [0.05, 0.1) is 10.2 Å². The molecule has 1 saturated heterocycles. The number of anilines is 1. The first-order valence-electron chi connectivity index (χ1n) is 9.71. The zero-order chi connectivity index (χ0) is 20.4. The fraction of sp³-hybridized carbons (Fsp3) is 0.318. The maximum Gasteiger partial charge on any atom is 0.264 e. The summed E-state index contributed by atoms with van der Waals surface area (Å²) in [6.45, 7) is 4.26. The molecule has 1 N–H and O–H groups in total. The van der Waals surface area contributed by atoms with E-state index in [0.717, 1.165) is 22.2 Å². The van der Waals surface area contributed by atoms with Crippen molar-refractivity contribution in [1.82, 2.24) is 9.88 Å². The quantitative estimate of drug-likeness (QED) is 0.691. The number of fused-ring (bicyclic) bond motifs is 1. The lowest BCUT2D eigenvalue weighted by Crippen LogP contribution is -2.47. The Balaban J connectivity index is 1.43. The number of amides is 2. The maximum absolute atomic E-state index is 13.0. The Bertz CT molecular complexity index is 1020. The van der Waals surface area contributed by atoms with Crippen LogP contribution in [0.1, 0.15) is 25.3 Å². The van der Waals surface area contributed by atoms with Crippen LogP contribution >= 0.6 is 11.3 Å². The second-order valence-corrected chi connectivity index (χ2v) is 8.27. The average molecular weight is 410 g/mol. The molecule has 0 spiro atoms. The molecule has 6 nitrogen and oxygen atoms in total. The molecular formula is C22H23N3O3S.